The first-order valence-corrected chi connectivity index (χ1v) is 6.15. The summed E-state index contributed by atoms with van der Waals surface area (Å²) in [5, 5.41) is 0. The number of alkyl halides is 3. The van der Waals surface area contributed by atoms with Gasteiger partial charge in [-0.15, -0.1) is 0 Å². The van der Waals surface area contributed by atoms with E-state index in [1.807, 2.05) is 0 Å². The number of benzene rings is 1. The minimum atomic E-state index is -4.34. The molecule has 0 bridgehead atoms. The second-order valence-corrected chi connectivity index (χ2v) is 4.98. The first kappa shape index (κ1) is 14.1. The molecule has 5 heteroatoms. The van der Waals surface area contributed by atoms with Crippen molar-refractivity contribution in [3.8, 4) is 0 Å². The molecule has 0 aromatic heterocycles. The molecule has 1 aromatic carbocycles. The van der Waals surface area contributed by atoms with Gasteiger partial charge in [-0.05, 0) is 37.5 Å². The molecule has 0 N–H and O–H groups in total. The van der Waals surface area contributed by atoms with Crippen LogP contribution < -0.4 is 0 Å². The van der Waals surface area contributed by atoms with Gasteiger partial charge >= 0.3 is 6.18 Å². The molecule has 1 aliphatic heterocycles. The molecular formula is C14H15F3O2. The normalized spacial score (nSPS) is 23.6. The van der Waals surface area contributed by atoms with Gasteiger partial charge in [0.25, 0.3) is 0 Å². The van der Waals surface area contributed by atoms with Crippen LogP contribution in [0.25, 0.3) is 0 Å². The second-order valence-electron chi connectivity index (χ2n) is 4.98. The quantitative estimate of drug-likeness (QED) is 0.843. The van der Waals surface area contributed by atoms with Crippen molar-refractivity contribution in [2.75, 3.05) is 6.61 Å². The van der Waals surface area contributed by atoms with Gasteiger partial charge < -0.3 is 4.74 Å². The zero-order valence-electron chi connectivity index (χ0n) is 10.6. The van der Waals surface area contributed by atoms with Crippen LogP contribution >= 0.6 is 0 Å². The van der Waals surface area contributed by atoms with Crippen molar-refractivity contribution in [1.82, 2.24) is 0 Å². The molecule has 0 aliphatic carbocycles. The number of halogens is 3. The highest BCUT2D eigenvalue weighted by Crippen LogP contribution is 2.30. The van der Waals surface area contributed by atoms with Gasteiger partial charge in [0.1, 0.15) is 5.60 Å². The van der Waals surface area contributed by atoms with Crippen LogP contribution in [0.3, 0.4) is 0 Å². The second kappa shape index (κ2) is 4.96. The minimum Gasteiger partial charge on any atom is -0.367 e. The Balaban J connectivity index is 2.06. The van der Waals surface area contributed by atoms with E-state index >= 15 is 0 Å². The third kappa shape index (κ3) is 3.15. The maximum atomic E-state index is 12.4. The summed E-state index contributed by atoms with van der Waals surface area (Å²) in [4.78, 5) is 12.1. The lowest BCUT2D eigenvalue weighted by molar-refractivity contribution is -0.137. The summed E-state index contributed by atoms with van der Waals surface area (Å²) in [5.74, 6) is -0.0789. The molecule has 1 saturated heterocycles. The fourth-order valence-electron chi connectivity index (χ4n) is 2.18. The molecule has 104 valence electrons. The predicted molar refractivity (Wildman–Crippen MR) is 63.7 cm³/mol. The number of carbonyl (C=O) groups is 1. The van der Waals surface area contributed by atoms with Crippen molar-refractivity contribution < 1.29 is 22.7 Å². The summed E-state index contributed by atoms with van der Waals surface area (Å²) >= 11 is 0. The zero-order chi connectivity index (χ0) is 14.1. The number of Topliss-reactive ketones (excluding diaryl/α,β-unsaturated/α-hetero) is 1. The smallest absolute Gasteiger partial charge is 0.367 e. The number of hydrogen-bond donors (Lipinski definition) is 0. The Morgan fingerprint density at radius 2 is 1.95 bits per heavy atom. The standard InChI is InChI=1S/C14H15F3O2/c1-13(7-2-8-19-13)12(18)9-10-3-5-11(6-4-10)14(15,16)17/h3-6H,2,7-9H2,1H3. The Kier molecular flexibility index (Phi) is 3.67. The van der Waals surface area contributed by atoms with Gasteiger partial charge in [-0.1, -0.05) is 12.1 Å². The summed E-state index contributed by atoms with van der Waals surface area (Å²) in [6.45, 7) is 2.31. The largest absolute Gasteiger partial charge is 0.416 e. The molecule has 2 rings (SSSR count). The molecule has 0 saturated carbocycles. The van der Waals surface area contributed by atoms with E-state index in [2.05, 4.69) is 0 Å². The molecule has 1 aromatic rings. The monoisotopic (exact) mass is 272 g/mol. The van der Waals surface area contributed by atoms with Gasteiger partial charge in [0.15, 0.2) is 5.78 Å². The van der Waals surface area contributed by atoms with E-state index in [0.29, 0.717) is 18.6 Å². The number of ketones is 1. The van der Waals surface area contributed by atoms with E-state index in [4.69, 9.17) is 4.74 Å². The highest BCUT2D eigenvalue weighted by atomic mass is 19.4. The van der Waals surface area contributed by atoms with Crippen LogP contribution in [0.15, 0.2) is 24.3 Å². The Hall–Kier alpha value is -1.36. The van der Waals surface area contributed by atoms with E-state index in [0.717, 1.165) is 18.6 Å². The van der Waals surface area contributed by atoms with Crippen molar-refractivity contribution >= 4 is 5.78 Å². The maximum Gasteiger partial charge on any atom is 0.416 e. The summed E-state index contributed by atoms with van der Waals surface area (Å²) in [6, 6.07) is 4.69. The highest BCUT2D eigenvalue weighted by molar-refractivity contribution is 5.89. The van der Waals surface area contributed by atoms with Crippen LogP contribution in [-0.2, 0) is 22.1 Å². The van der Waals surface area contributed by atoms with E-state index in [9.17, 15) is 18.0 Å². The summed E-state index contributed by atoms with van der Waals surface area (Å²) in [6.07, 6.45) is -2.72. The lowest BCUT2D eigenvalue weighted by Crippen LogP contribution is -2.35. The van der Waals surface area contributed by atoms with Gasteiger partial charge in [0.2, 0.25) is 0 Å². The van der Waals surface area contributed by atoms with Crippen molar-refractivity contribution in [2.24, 2.45) is 0 Å². The van der Waals surface area contributed by atoms with Gasteiger partial charge in [0, 0.05) is 13.0 Å². The highest BCUT2D eigenvalue weighted by Gasteiger charge is 2.37. The van der Waals surface area contributed by atoms with Gasteiger partial charge in [-0.3, -0.25) is 4.79 Å². The van der Waals surface area contributed by atoms with Crippen LogP contribution in [0.1, 0.15) is 30.9 Å². The van der Waals surface area contributed by atoms with Crippen LogP contribution in [-0.4, -0.2) is 18.0 Å². The molecular weight excluding hydrogens is 257 g/mol. The number of ether oxygens (including phenoxy) is 1. The SMILES string of the molecule is CC1(C(=O)Cc2ccc(C(F)(F)F)cc2)CCCO1. The molecule has 0 radical (unpaired) electrons. The molecule has 1 unspecified atom stereocenters. The van der Waals surface area contributed by atoms with Crippen molar-refractivity contribution in [3.05, 3.63) is 35.4 Å². The summed E-state index contributed by atoms with van der Waals surface area (Å²) < 4.78 is 42.6. The average molecular weight is 272 g/mol. The van der Waals surface area contributed by atoms with E-state index in [1.54, 1.807) is 6.92 Å². The number of rotatable bonds is 3. The van der Waals surface area contributed by atoms with E-state index in [1.165, 1.54) is 12.1 Å². The molecule has 0 spiro atoms. The minimum absolute atomic E-state index is 0.0789. The van der Waals surface area contributed by atoms with E-state index < -0.39 is 17.3 Å². The Labute approximate surface area is 109 Å². The maximum absolute atomic E-state index is 12.4. The Bertz CT molecular complexity index is 457. The molecule has 1 heterocycles. The topological polar surface area (TPSA) is 26.3 Å². The van der Waals surface area contributed by atoms with E-state index in [-0.39, 0.29) is 12.2 Å². The number of carbonyl (C=O) groups excluding carboxylic acids is 1. The molecule has 19 heavy (non-hydrogen) atoms. The van der Waals surface area contributed by atoms with Crippen molar-refractivity contribution in [3.63, 3.8) is 0 Å². The lowest BCUT2D eigenvalue weighted by atomic mass is 9.92. The first-order valence-electron chi connectivity index (χ1n) is 6.15. The fraction of sp³-hybridized carbons (Fsp3) is 0.500. The van der Waals surface area contributed by atoms with Crippen molar-refractivity contribution in [1.29, 1.82) is 0 Å². The Morgan fingerprint density at radius 3 is 2.42 bits per heavy atom. The van der Waals surface area contributed by atoms with Crippen LogP contribution in [0.2, 0.25) is 0 Å². The molecule has 1 fully saturated rings. The summed E-state index contributed by atoms with van der Waals surface area (Å²) in [5.41, 5.74) is -0.898. The third-order valence-corrected chi connectivity index (χ3v) is 3.45. The zero-order valence-corrected chi connectivity index (χ0v) is 10.6. The lowest BCUT2D eigenvalue weighted by Gasteiger charge is -2.21. The molecule has 1 aliphatic rings. The molecule has 1 atom stereocenters. The van der Waals surface area contributed by atoms with Gasteiger partial charge in [-0.25, -0.2) is 0 Å². The van der Waals surface area contributed by atoms with Crippen LogP contribution in [0, 0.1) is 0 Å². The van der Waals surface area contributed by atoms with Gasteiger partial charge in [-0.2, -0.15) is 13.2 Å². The first-order chi connectivity index (χ1) is 8.81. The Morgan fingerprint density at radius 1 is 1.32 bits per heavy atom. The molecule has 0 amide bonds. The molecule has 2 nitrogen and oxygen atoms in total. The third-order valence-electron chi connectivity index (χ3n) is 3.45. The van der Waals surface area contributed by atoms with Gasteiger partial charge in [0.05, 0.1) is 5.56 Å². The average Bonchev–Trinajstić information content (AvgIpc) is 2.77. The van der Waals surface area contributed by atoms with Crippen molar-refractivity contribution in [2.45, 2.75) is 38.0 Å². The van der Waals surface area contributed by atoms with Crippen LogP contribution in [0.4, 0.5) is 13.2 Å². The predicted octanol–water partition coefficient (Wildman–Crippen LogP) is 3.39. The summed E-state index contributed by atoms with van der Waals surface area (Å²) in [7, 11) is 0. The fourth-order valence-corrected chi connectivity index (χ4v) is 2.18. The van der Waals surface area contributed by atoms with Crippen LogP contribution in [0.5, 0.6) is 0 Å². The number of hydrogen-bond acceptors (Lipinski definition) is 2.